The monoisotopic (exact) mass is 274 g/mol. The summed E-state index contributed by atoms with van der Waals surface area (Å²) in [6.07, 6.45) is 0. The number of hydrogen-bond donors (Lipinski definition) is 2. The molecule has 0 saturated heterocycles. The van der Waals surface area contributed by atoms with Crippen LogP contribution < -0.4 is 0 Å². The third-order valence-electron chi connectivity index (χ3n) is 0. The molecule has 0 heterocycles. The Labute approximate surface area is 136 Å². The van der Waals surface area contributed by atoms with E-state index in [4.69, 9.17) is 17.5 Å². The van der Waals surface area contributed by atoms with Crippen molar-refractivity contribution < 1.29 is 23.0 Å². The van der Waals surface area contributed by atoms with E-state index in [-0.39, 0.29) is 112 Å². The zero-order valence-electron chi connectivity index (χ0n) is 2.62. The first-order valence-corrected chi connectivity index (χ1v) is 2.10. The van der Waals surface area contributed by atoms with E-state index in [0.717, 1.165) is 0 Å². The number of rotatable bonds is 0. The summed E-state index contributed by atoms with van der Waals surface area (Å²) < 4.78 is 31.6. The molecule has 4 N–H and O–H groups in total. The summed E-state index contributed by atoms with van der Waals surface area (Å²) in [5, 5.41) is 0. The van der Waals surface area contributed by atoms with Crippen molar-refractivity contribution in [3.05, 3.63) is 0 Å². The van der Waals surface area contributed by atoms with Crippen LogP contribution in [0.1, 0.15) is 0 Å². The van der Waals surface area contributed by atoms with Gasteiger partial charge >= 0.3 is 117 Å². The van der Waals surface area contributed by atoms with Crippen molar-refractivity contribution in [1.82, 2.24) is 0 Å². The summed E-state index contributed by atoms with van der Waals surface area (Å²) >= 11 is 0. The molecule has 0 aliphatic carbocycles. The Hall–Kier alpha value is 3.34. The molecule has 0 aromatic carbocycles. The topological polar surface area (TPSA) is 106 Å². The van der Waals surface area contributed by atoms with Gasteiger partial charge in [0.2, 0.25) is 0 Å². The minimum absolute atomic E-state index is 0. The van der Waals surface area contributed by atoms with Crippen molar-refractivity contribution in [1.29, 1.82) is 0 Å². The van der Waals surface area contributed by atoms with Crippen molar-refractivity contribution in [2.75, 3.05) is 0 Å². The maximum atomic E-state index is 8.74. The van der Waals surface area contributed by atoms with E-state index in [9.17, 15) is 0 Å². The average molecular weight is 274 g/mol. The molecule has 0 aliphatic heterocycles. The molecule has 0 rings (SSSR count). The first-order chi connectivity index (χ1) is 2.00. The van der Waals surface area contributed by atoms with Crippen molar-refractivity contribution in [2.24, 2.45) is 0 Å². The summed E-state index contributed by atoms with van der Waals surface area (Å²) in [6, 6.07) is 0. The van der Waals surface area contributed by atoms with E-state index >= 15 is 0 Å². The molecular formula is H10CaMgO5SSr. The van der Waals surface area contributed by atoms with Crippen molar-refractivity contribution in [3.63, 3.8) is 0 Å². The van der Waals surface area contributed by atoms with Gasteiger partial charge in [-0.3, -0.25) is 9.11 Å². The van der Waals surface area contributed by atoms with Gasteiger partial charge in [-0.2, -0.15) is 8.42 Å². The second kappa shape index (κ2) is 13.9. The van der Waals surface area contributed by atoms with Gasteiger partial charge in [0.1, 0.15) is 0 Å². The van der Waals surface area contributed by atoms with Gasteiger partial charge in [-0.15, -0.1) is 0 Å². The molecule has 0 aromatic rings. The van der Waals surface area contributed by atoms with Gasteiger partial charge in [0.25, 0.3) is 0 Å². The Bertz CT molecular complexity index is 100. The third-order valence-corrected chi connectivity index (χ3v) is 0. The van der Waals surface area contributed by atoms with Crippen LogP contribution in [0.15, 0.2) is 0 Å². The summed E-state index contributed by atoms with van der Waals surface area (Å²) in [4.78, 5) is 0. The van der Waals surface area contributed by atoms with Gasteiger partial charge < -0.3 is 5.48 Å². The zero-order chi connectivity index (χ0) is 4.50. The summed E-state index contributed by atoms with van der Waals surface area (Å²) in [5.74, 6) is 0. The fraction of sp³-hybridized carbons (Fsp3) is 0. The second-order valence-electron chi connectivity index (χ2n) is 0.448. The summed E-state index contributed by atoms with van der Waals surface area (Å²) in [6.45, 7) is 0. The quantitative estimate of drug-likeness (QED) is 0.345. The van der Waals surface area contributed by atoms with Crippen LogP contribution in [0.5, 0.6) is 0 Å². The van der Waals surface area contributed by atoms with Crippen LogP contribution in [-0.2, 0) is 10.4 Å². The van der Waals surface area contributed by atoms with Crippen LogP contribution in [-0.4, -0.2) is 129 Å². The molecule has 0 amide bonds. The number of hydrogen-bond acceptors (Lipinski definition) is 2. The van der Waals surface area contributed by atoms with Crippen LogP contribution >= 0.6 is 0 Å². The Morgan fingerprint density at radius 3 is 1.11 bits per heavy atom. The van der Waals surface area contributed by atoms with Gasteiger partial charge in [0.05, 0.1) is 0 Å². The van der Waals surface area contributed by atoms with Gasteiger partial charge in [-0.1, -0.05) is 0 Å². The van der Waals surface area contributed by atoms with Crippen molar-refractivity contribution in [3.8, 4) is 0 Å². The van der Waals surface area contributed by atoms with E-state index in [1.54, 1.807) is 0 Å². The fourth-order valence-corrected chi connectivity index (χ4v) is 0. The molecule has 0 unspecified atom stereocenters. The Morgan fingerprint density at radius 2 is 1.11 bits per heavy atom. The molecular weight excluding hydrogens is 264 g/mol. The first-order valence-electron chi connectivity index (χ1n) is 0.698. The van der Waals surface area contributed by atoms with E-state index in [1.165, 1.54) is 0 Å². The van der Waals surface area contributed by atoms with Gasteiger partial charge in [0, 0.05) is 0 Å². The van der Waals surface area contributed by atoms with Gasteiger partial charge in [-0.05, 0) is 0 Å². The predicted octanol–water partition coefficient (Wildman–Crippen LogP) is -4.23. The molecule has 0 saturated carbocycles. The fourth-order valence-electron chi connectivity index (χ4n) is 0. The van der Waals surface area contributed by atoms with Crippen LogP contribution in [0.25, 0.3) is 0 Å². The Morgan fingerprint density at radius 1 is 1.11 bits per heavy atom. The molecule has 0 aliphatic rings. The van der Waals surface area contributed by atoms with E-state index < -0.39 is 10.4 Å². The molecule has 0 bridgehead atoms. The van der Waals surface area contributed by atoms with Crippen LogP contribution in [0, 0.1) is 0 Å². The normalized spacial score (nSPS) is 6.44. The minimum atomic E-state index is -4.67. The van der Waals surface area contributed by atoms with E-state index in [0.29, 0.717) is 0 Å². The zero-order valence-corrected chi connectivity index (χ0v) is 3.44. The van der Waals surface area contributed by atoms with Crippen LogP contribution in [0.3, 0.4) is 0 Å². The SMILES string of the molecule is O.O=S(=O)(O)O.[CaH2].[MgH2].[SrH2]. The van der Waals surface area contributed by atoms with Crippen LogP contribution in [0.4, 0.5) is 0 Å². The Kier molecular flexibility index (Phi) is 45.5. The van der Waals surface area contributed by atoms with E-state index in [1.807, 2.05) is 0 Å². The first kappa shape index (κ1) is 29.5. The summed E-state index contributed by atoms with van der Waals surface area (Å²) in [7, 11) is -4.67. The van der Waals surface area contributed by atoms with E-state index in [2.05, 4.69) is 0 Å². The van der Waals surface area contributed by atoms with Gasteiger partial charge in [-0.25, -0.2) is 0 Å². The van der Waals surface area contributed by atoms with Crippen molar-refractivity contribution in [2.45, 2.75) is 0 Å². The molecule has 5 nitrogen and oxygen atoms in total. The van der Waals surface area contributed by atoms with Crippen LogP contribution in [0.2, 0.25) is 0 Å². The predicted molar refractivity (Wildman–Crippen MR) is 43.4 cm³/mol. The molecule has 0 radical (unpaired) electrons. The molecule has 0 fully saturated rings. The second-order valence-corrected chi connectivity index (χ2v) is 1.34. The standard InChI is InChI=1S/Ca.Mg.H2O4S.H2O.Sr.6H/c;;1-5(2,3)4;;;;;;;;/h;;(H2,1,2,3,4);1H2;;;;;;;. The molecule has 9 heavy (non-hydrogen) atoms. The molecule has 52 valence electrons. The summed E-state index contributed by atoms with van der Waals surface area (Å²) in [5.41, 5.74) is 0. The molecule has 0 atom stereocenters. The Balaban J connectivity index is -0.0000000133. The third kappa shape index (κ3) is 88.8. The average Bonchev–Trinajstić information content (AvgIpc) is 0.722. The molecule has 9 heteroatoms. The van der Waals surface area contributed by atoms with Gasteiger partial charge in [0.15, 0.2) is 0 Å². The molecule has 0 spiro atoms. The maximum absolute atomic E-state index is 8.74. The molecule has 0 aromatic heterocycles. The van der Waals surface area contributed by atoms with Crippen molar-refractivity contribution >= 4 is 117 Å².